The molecule has 192 valence electrons. The van der Waals surface area contributed by atoms with Crippen molar-refractivity contribution in [1.82, 2.24) is 19.2 Å². The van der Waals surface area contributed by atoms with Crippen molar-refractivity contribution in [3.05, 3.63) is 80.9 Å². The van der Waals surface area contributed by atoms with Gasteiger partial charge in [-0.1, -0.05) is 11.3 Å². The van der Waals surface area contributed by atoms with Crippen LogP contribution >= 0.6 is 0 Å². The number of pyridine rings is 2. The highest BCUT2D eigenvalue weighted by Crippen LogP contribution is 2.33. The summed E-state index contributed by atoms with van der Waals surface area (Å²) in [4.78, 5) is 31.1. The van der Waals surface area contributed by atoms with Crippen LogP contribution in [0.1, 0.15) is 52.6 Å². The van der Waals surface area contributed by atoms with Gasteiger partial charge >= 0.3 is 0 Å². The zero-order valence-electron chi connectivity index (χ0n) is 21.6. The summed E-state index contributed by atoms with van der Waals surface area (Å²) in [6.07, 6.45) is 2.01. The molecule has 0 aliphatic heterocycles. The number of carbonyl (C=O) groups is 1. The number of rotatable bonds is 6. The van der Waals surface area contributed by atoms with Crippen molar-refractivity contribution in [3.8, 4) is 11.3 Å². The van der Waals surface area contributed by atoms with E-state index in [1.165, 1.54) is 0 Å². The van der Waals surface area contributed by atoms with Crippen LogP contribution in [0.4, 0.5) is 5.82 Å². The second kappa shape index (κ2) is 9.86. The van der Waals surface area contributed by atoms with Crippen LogP contribution in [0.25, 0.3) is 22.2 Å². The lowest BCUT2D eigenvalue weighted by atomic mass is 10.00. The Kier molecular flexibility index (Phi) is 6.82. The predicted molar refractivity (Wildman–Crippen MR) is 143 cm³/mol. The van der Waals surface area contributed by atoms with Crippen LogP contribution in [-0.2, 0) is 6.54 Å². The number of nitrogens with two attached hydrogens (primary N) is 3. The fourth-order valence-electron chi connectivity index (χ4n) is 4.56. The third kappa shape index (κ3) is 4.68. The highest BCUT2D eigenvalue weighted by atomic mass is 16.2. The lowest BCUT2D eigenvalue weighted by Crippen LogP contribution is -2.41. The Morgan fingerprint density at radius 2 is 1.86 bits per heavy atom. The number of aryl methyl sites for hydroxylation is 3. The van der Waals surface area contributed by atoms with E-state index in [1.54, 1.807) is 38.1 Å². The molecular weight excluding hydrogens is 470 g/mol. The Hall–Kier alpha value is -4.51. The van der Waals surface area contributed by atoms with Crippen LogP contribution in [0.2, 0.25) is 0 Å². The molecule has 0 spiro atoms. The van der Waals surface area contributed by atoms with Gasteiger partial charge in [0.25, 0.3) is 11.5 Å². The van der Waals surface area contributed by atoms with Crippen LogP contribution < -0.4 is 23.1 Å². The monoisotopic (exact) mass is 501 g/mol. The van der Waals surface area contributed by atoms with Gasteiger partial charge in [0, 0.05) is 40.0 Å². The normalized spacial score (nSPS) is 11.6. The quantitative estimate of drug-likeness (QED) is 0.158. The number of carbonyl (C=O) groups excluding carboxylic acids is 1. The van der Waals surface area contributed by atoms with Gasteiger partial charge in [0.2, 0.25) is 0 Å². The fraction of sp³-hybridized carbons (Fsp3) is 0.269. The van der Waals surface area contributed by atoms with E-state index >= 15 is 0 Å². The van der Waals surface area contributed by atoms with Gasteiger partial charge in [-0.3, -0.25) is 14.6 Å². The molecule has 3 aromatic heterocycles. The minimum absolute atomic E-state index is 0.0960. The van der Waals surface area contributed by atoms with E-state index in [0.717, 1.165) is 26.2 Å². The highest BCUT2D eigenvalue weighted by molar-refractivity contribution is 6.09. The number of nitrogen functional groups attached to an aromatic ring is 1. The van der Waals surface area contributed by atoms with Crippen molar-refractivity contribution in [1.29, 1.82) is 0 Å². The maximum atomic E-state index is 13.8. The van der Waals surface area contributed by atoms with Crippen molar-refractivity contribution in [2.24, 2.45) is 22.0 Å². The van der Waals surface area contributed by atoms with E-state index in [2.05, 4.69) is 33.7 Å². The molecule has 0 aliphatic carbocycles. The molecule has 0 radical (unpaired) electrons. The molecule has 0 saturated heterocycles. The van der Waals surface area contributed by atoms with E-state index in [9.17, 15) is 9.59 Å². The summed E-state index contributed by atoms with van der Waals surface area (Å²) in [5, 5.41) is 8.96. The number of aromatic nitrogens is 3. The third-order valence-electron chi connectivity index (χ3n) is 6.45. The fourth-order valence-corrected chi connectivity index (χ4v) is 4.56. The lowest BCUT2D eigenvalue weighted by Gasteiger charge is -2.20. The minimum atomic E-state index is -0.433. The first-order valence-electron chi connectivity index (χ1n) is 11.8. The number of benzene rings is 1. The zero-order chi connectivity index (χ0) is 27.0. The molecule has 1 amide bonds. The Morgan fingerprint density at radius 1 is 1.14 bits per heavy atom. The van der Waals surface area contributed by atoms with Gasteiger partial charge in [-0.15, -0.1) is 5.11 Å². The molecule has 0 unspecified atom stereocenters. The molecule has 11 nitrogen and oxygen atoms in total. The number of hydrogen-bond acceptors (Lipinski definition) is 7. The first kappa shape index (κ1) is 25.6. The molecule has 0 bridgehead atoms. The summed E-state index contributed by atoms with van der Waals surface area (Å²) >= 11 is 0. The molecule has 4 rings (SSSR count). The third-order valence-corrected chi connectivity index (χ3v) is 6.45. The van der Waals surface area contributed by atoms with Crippen LogP contribution in [0.3, 0.4) is 0 Å². The van der Waals surface area contributed by atoms with Gasteiger partial charge in [-0.25, -0.2) is 15.5 Å². The highest BCUT2D eigenvalue weighted by Gasteiger charge is 2.23. The van der Waals surface area contributed by atoms with Gasteiger partial charge in [0.05, 0.1) is 17.8 Å². The SMILES string of the molecule is Cc1cc(C)n(N)c(=O)c1CN(N)C(=O)c1cc(-c2cccc(N=NN)n2)cc2c1c(C)cn2C(C)C. The molecule has 1 aromatic carbocycles. The maximum Gasteiger partial charge on any atom is 0.274 e. The second-order valence-electron chi connectivity index (χ2n) is 9.38. The standard InChI is InChI=1S/C26H31N9O2/c1-14(2)33-12-16(4)24-19(10-18(11-22(24)33)21-7-6-8-23(30-21)31-32-27)25(36)34(28)13-20-15(3)9-17(5)35(29)26(20)37/h6-12,14H,13,28-29H2,1-5H3,(H2,27,30,31). The average Bonchev–Trinajstić information content (AvgIpc) is 3.21. The van der Waals surface area contributed by atoms with Gasteiger partial charge < -0.3 is 16.3 Å². The van der Waals surface area contributed by atoms with Crippen LogP contribution in [0, 0.1) is 20.8 Å². The van der Waals surface area contributed by atoms with Crippen molar-refractivity contribution in [2.75, 3.05) is 5.84 Å². The second-order valence-corrected chi connectivity index (χ2v) is 9.38. The summed E-state index contributed by atoms with van der Waals surface area (Å²) in [6, 6.07) is 11.0. The van der Waals surface area contributed by atoms with Gasteiger partial charge in [0.15, 0.2) is 5.82 Å². The molecule has 0 saturated carbocycles. The Labute approximate surface area is 214 Å². The van der Waals surface area contributed by atoms with Crippen molar-refractivity contribution in [2.45, 2.75) is 47.2 Å². The zero-order valence-corrected chi connectivity index (χ0v) is 21.6. The summed E-state index contributed by atoms with van der Waals surface area (Å²) in [7, 11) is 0. The van der Waals surface area contributed by atoms with E-state index in [-0.39, 0.29) is 12.6 Å². The van der Waals surface area contributed by atoms with Crippen LogP contribution in [0.15, 0.2) is 57.7 Å². The smallest absolute Gasteiger partial charge is 0.274 e. The van der Waals surface area contributed by atoms with E-state index in [4.69, 9.17) is 17.5 Å². The van der Waals surface area contributed by atoms with Gasteiger partial charge in [0.1, 0.15) is 0 Å². The largest absolute Gasteiger partial charge is 0.345 e. The maximum absolute atomic E-state index is 13.8. The molecule has 6 N–H and O–H groups in total. The van der Waals surface area contributed by atoms with Crippen LogP contribution in [-0.4, -0.2) is 25.1 Å². The number of hydrogen-bond donors (Lipinski definition) is 3. The molecule has 11 heteroatoms. The summed E-state index contributed by atoms with van der Waals surface area (Å²) in [5.74, 6) is 17.3. The van der Waals surface area contributed by atoms with E-state index in [0.29, 0.717) is 39.5 Å². The first-order valence-corrected chi connectivity index (χ1v) is 11.8. The summed E-state index contributed by atoms with van der Waals surface area (Å²) < 4.78 is 3.16. The molecular formula is C26H31N9O2. The molecule has 37 heavy (non-hydrogen) atoms. The summed E-state index contributed by atoms with van der Waals surface area (Å²) in [5.41, 5.74) is 4.79. The minimum Gasteiger partial charge on any atom is -0.345 e. The van der Waals surface area contributed by atoms with Crippen molar-refractivity contribution < 1.29 is 4.79 Å². The van der Waals surface area contributed by atoms with E-state index < -0.39 is 11.5 Å². The topological polar surface area (TPSA) is 163 Å². The first-order chi connectivity index (χ1) is 17.5. The Bertz CT molecular complexity index is 1600. The summed E-state index contributed by atoms with van der Waals surface area (Å²) in [6.45, 7) is 9.54. The van der Waals surface area contributed by atoms with Crippen molar-refractivity contribution in [3.63, 3.8) is 0 Å². The predicted octanol–water partition coefficient (Wildman–Crippen LogP) is 3.56. The van der Waals surface area contributed by atoms with Crippen LogP contribution in [0.5, 0.6) is 0 Å². The molecule has 0 fully saturated rings. The Balaban J connectivity index is 1.87. The molecule has 3 heterocycles. The molecule has 0 aliphatic rings. The number of hydrazine groups is 1. The van der Waals surface area contributed by atoms with Gasteiger partial charge in [-0.05, 0) is 76.1 Å². The molecule has 0 atom stereocenters. The average molecular weight is 502 g/mol. The number of amides is 1. The Morgan fingerprint density at radius 3 is 2.54 bits per heavy atom. The van der Waals surface area contributed by atoms with Gasteiger partial charge in [-0.2, -0.15) is 0 Å². The van der Waals surface area contributed by atoms with Crippen molar-refractivity contribution >= 4 is 22.6 Å². The number of nitrogens with zero attached hydrogens (tertiary/aromatic N) is 6. The van der Waals surface area contributed by atoms with E-state index in [1.807, 2.05) is 25.3 Å². The number of fused-ring (bicyclic) bond motifs is 1. The lowest BCUT2D eigenvalue weighted by molar-refractivity contribution is 0.0744. The molecule has 4 aromatic rings.